The molecule has 1 atom stereocenters. The molecule has 0 spiro atoms. The van der Waals surface area contributed by atoms with E-state index in [2.05, 4.69) is 26.2 Å². The van der Waals surface area contributed by atoms with Gasteiger partial charge in [-0.15, -0.1) is 0 Å². The van der Waals surface area contributed by atoms with Crippen LogP contribution in [0.3, 0.4) is 0 Å². The van der Waals surface area contributed by atoms with Gasteiger partial charge in [-0.1, -0.05) is 12.1 Å². The molecule has 0 bridgehead atoms. The summed E-state index contributed by atoms with van der Waals surface area (Å²) in [6.45, 7) is 1.86. The first-order chi connectivity index (χ1) is 11.5. The van der Waals surface area contributed by atoms with Crippen molar-refractivity contribution in [3.8, 4) is 5.75 Å². The number of aromatic nitrogens is 1. The number of hydrogen-bond acceptors (Lipinski definition) is 5. The number of carbonyl (C=O) groups excluding carboxylic acids is 2. The lowest BCUT2D eigenvalue weighted by Crippen LogP contribution is -2.35. The second kappa shape index (κ2) is 8.44. The third-order valence-corrected chi connectivity index (χ3v) is 3.65. The first-order valence-corrected chi connectivity index (χ1v) is 8.01. The van der Waals surface area contributed by atoms with E-state index in [1.54, 1.807) is 19.4 Å². The summed E-state index contributed by atoms with van der Waals surface area (Å²) in [6.07, 6.45) is 2.03. The maximum atomic E-state index is 12.0. The average molecular weight is 393 g/mol. The minimum absolute atomic E-state index is 0.277. The van der Waals surface area contributed by atoms with Crippen molar-refractivity contribution in [3.05, 3.63) is 58.3 Å². The summed E-state index contributed by atoms with van der Waals surface area (Å²) >= 11 is 3.23. The molecular weight excluding hydrogens is 376 g/mol. The third-order valence-electron chi connectivity index (χ3n) is 3.22. The Morgan fingerprint density at radius 2 is 1.96 bits per heavy atom. The highest BCUT2D eigenvalue weighted by molar-refractivity contribution is 9.10. The van der Waals surface area contributed by atoms with E-state index in [0.29, 0.717) is 11.0 Å². The topological polar surface area (TPSA) is 77.5 Å². The van der Waals surface area contributed by atoms with Crippen LogP contribution >= 0.6 is 15.9 Å². The Balaban J connectivity index is 1.86. The standard InChI is InChI=1S/C17H17BrN2O4/c1-11(24-17(22)13-7-14(18)10-19-9-13)16(21)20-8-12-3-5-15(23-2)6-4-12/h3-7,9-11H,8H2,1-2H3,(H,20,21). The number of methoxy groups -OCH3 is 1. The summed E-state index contributed by atoms with van der Waals surface area (Å²) in [7, 11) is 1.59. The molecule has 0 radical (unpaired) electrons. The molecule has 2 aromatic rings. The SMILES string of the molecule is COc1ccc(CNC(=O)C(C)OC(=O)c2cncc(Br)c2)cc1. The van der Waals surface area contributed by atoms with Gasteiger partial charge in [0, 0.05) is 23.4 Å². The number of carbonyl (C=O) groups is 2. The molecule has 24 heavy (non-hydrogen) atoms. The molecule has 0 aliphatic rings. The molecule has 0 aliphatic heterocycles. The van der Waals surface area contributed by atoms with Crippen molar-refractivity contribution in [2.45, 2.75) is 19.6 Å². The van der Waals surface area contributed by atoms with Crippen molar-refractivity contribution in [1.29, 1.82) is 0 Å². The van der Waals surface area contributed by atoms with Gasteiger partial charge >= 0.3 is 5.97 Å². The molecule has 0 aliphatic carbocycles. The van der Waals surface area contributed by atoms with Gasteiger partial charge in [-0.25, -0.2) is 4.79 Å². The van der Waals surface area contributed by atoms with Crippen LogP contribution in [0.4, 0.5) is 0 Å². The zero-order valence-electron chi connectivity index (χ0n) is 13.3. The largest absolute Gasteiger partial charge is 0.497 e. The van der Waals surface area contributed by atoms with Crippen LogP contribution in [0, 0.1) is 0 Å². The third kappa shape index (κ3) is 5.06. The van der Waals surface area contributed by atoms with Crippen LogP contribution in [0.25, 0.3) is 0 Å². The molecule has 2 rings (SSSR count). The summed E-state index contributed by atoms with van der Waals surface area (Å²) in [4.78, 5) is 27.9. The molecule has 0 saturated carbocycles. The zero-order valence-corrected chi connectivity index (χ0v) is 14.9. The van der Waals surface area contributed by atoms with Gasteiger partial charge in [0.15, 0.2) is 6.10 Å². The first kappa shape index (κ1) is 17.9. The fourth-order valence-corrected chi connectivity index (χ4v) is 2.25. The van der Waals surface area contributed by atoms with Crippen LogP contribution in [-0.4, -0.2) is 30.1 Å². The molecule has 6 nitrogen and oxygen atoms in total. The molecule has 7 heteroatoms. The fraction of sp³-hybridized carbons (Fsp3) is 0.235. The Bertz CT molecular complexity index is 719. The number of benzene rings is 1. The van der Waals surface area contributed by atoms with Gasteiger partial charge in [-0.2, -0.15) is 0 Å². The van der Waals surface area contributed by atoms with E-state index in [0.717, 1.165) is 11.3 Å². The van der Waals surface area contributed by atoms with E-state index in [1.807, 2.05) is 24.3 Å². The van der Waals surface area contributed by atoms with Gasteiger partial charge < -0.3 is 14.8 Å². The van der Waals surface area contributed by atoms with Gasteiger partial charge in [0.25, 0.3) is 5.91 Å². The normalized spacial score (nSPS) is 11.5. The maximum Gasteiger partial charge on any atom is 0.340 e. The number of pyridine rings is 1. The Kier molecular flexibility index (Phi) is 6.31. The zero-order chi connectivity index (χ0) is 17.5. The highest BCUT2D eigenvalue weighted by atomic mass is 79.9. The number of hydrogen-bond donors (Lipinski definition) is 1. The van der Waals surface area contributed by atoms with Crippen molar-refractivity contribution in [2.75, 3.05) is 7.11 Å². The highest BCUT2D eigenvalue weighted by Crippen LogP contribution is 2.12. The van der Waals surface area contributed by atoms with E-state index in [9.17, 15) is 9.59 Å². The second-order valence-corrected chi connectivity index (χ2v) is 5.92. The number of nitrogens with zero attached hydrogens (tertiary/aromatic N) is 1. The van der Waals surface area contributed by atoms with Crippen LogP contribution in [0.5, 0.6) is 5.75 Å². The highest BCUT2D eigenvalue weighted by Gasteiger charge is 2.19. The van der Waals surface area contributed by atoms with E-state index in [1.165, 1.54) is 13.1 Å². The number of amides is 1. The molecule has 0 fully saturated rings. The Morgan fingerprint density at radius 1 is 1.25 bits per heavy atom. The smallest absolute Gasteiger partial charge is 0.340 e. The minimum atomic E-state index is -0.908. The first-order valence-electron chi connectivity index (χ1n) is 7.22. The summed E-state index contributed by atoms with van der Waals surface area (Å²) in [6, 6.07) is 8.90. The Hall–Kier alpha value is -2.41. The monoisotopic (exact) mass is 392 g/mol. The summed E-state index contributed by atoms with van der Waals surface area (Å²) < 4.78 is 10.9. The quantitative estimate of drug-likeness (QED) is 0.764. The predicted octanol–water partition coefficient (Wildman–Crippen LogP) is 2.71. The van der Waals surface area contributed by atoms with E-state index < -0.39 is 12.1 Å². The van der Waals surface area contributed by atoms with Gasteiger partial charge in [0.05, 0.1) is 12.7 Å². The van der Waals surface area contributed by atoms with E-state index in [-0.39, 0.29) is 11.5 Å². The van der Waals surface area contributed by atoms with Gasteiger partial charge in [-0.05, 0) is 46.6 Å². The predicted molar refractivity (Wildman–Crippen MR) is 91.7 cm³/mol. The van der Waals surface area contributed by atoms with Crippen molar-refractivity contribution >= 4 is 27.8 Å². The van der Waals surface area contributed by atoms with Crippen LogP contribution in [-0.2, 0) is 16.1 Å². The molecule has 1 heterocycles. The van der Waals surface area contributed by atoms with Crippen molar-refractivity contribution < 1.29 is 19.1 Å². The summed E-state index contributed by atoms with van der Waals surface area (Å²) in [5, 5.41) is 2.72. The van der Waals surface area contributed by atoms with Crippen molar-refractivity contribution in [3.63, 3.8) is 0 Å². The molecule has 1 aromatic carbocycles. The molecule has 126 valence electrons. The van der Waals surface area contributed by atoms with Crippen LogP contribution < -0.4 is 10.1 Å². The second-order valence-electron chi connectivity index (χ2n) is 5.01. The number of esters is 1. The van der Waals surface area contributed by atoms with Crippen LogP contribution in [0.1, 0.15) is 22.8 Å². The van der Waals surface area contributed by atoms with Crippen molar-refractivity contribution in [2.24, 2.45) is 0 Å². The Morgan fingerprint density at radius 3 is 2.58 bits per heavy atom. The van der Waals surface area contributed by atoms with Gasteiger partial charge in [-0.3, -0.25) is 9.78 Å². The average Bonchev–Trinajstić information content (AvgIpc) is 2.60. The molecule has 1 amide bonds. The number of nitrogens with one attached hydrogen (secondary N) is 1. The molecule has 1 aromatic heterocycles. The summed E-state index contributed by atoms with van der Waals surface area (Å²) in [5.41, 5.74) is 1.19. The number of halogens is 1. The lowest BCUT2D eigenvalue weighted by Gasteiger charge is -2.13. The fourth-order valence-electron chi connectivity index (χ4n) is 1.88. The summed E-state index contributed by atoms with van der Waals surface area (Å²) in [5.74, 6) is -0.229. The minimum Gasteiger partial charge on any atom is -0.497 e. The van der Waals surface area contributed by atoms with E-state index in [4.69, 9.17) is 9.47 Å². The molecular formula is C17H17BrN2O4. The van der Waals surface area contributed by atoms with Crippen LogP contribution in [0.15, 0.2) is 47.2 Å². The number of ether oxygens (including phenoxy) is 2. The lowest BCUT2D eigenvalue weighted by molar-refractivity contribution is -0.129. The van der Waals surface area contributed by atoms with Crippen LogP contribution in [0.2, 0.25) is 0 Å². The van der Waals surface area contributed by atoms with Gasteiger partial charge in [0.1, 0.15) is 5.75 Å². The molecule has 1 unspecified atom stereocenters. The maximum absolute atomic E-state index is 12.0. The lowest BCUT2D eigenvalue weighted by atomic mass is 10.2. The van der Waals surface area contributed by atoms with E-state index >= 15 is 0 Å². The molecule has 1 N–H and O–H groups in total. The van der Waals surface area contributed by atoms with Gasteiger partial charge in [0.2, 0.25) is 0 Å². The number of rotatable bonds is 6. The van der Waals surface area contributed by atoms with Crippen molar-refractivity contribution in [1.82, 2.24) is 10.3 Å². The Labute approximate surface area is 148 Å². The molecule has 0 saturated heterocycles.